The van der Waals surface area contributed by atoms with Gasteiger partial charge in [-0.3, -0.25) is 4.79 Å². The van der Waals surface area contributed by atoms with Crippen LogP contribution < -0.4 is 5.32 Å². The lowest BCUT2D eigenvalue weighted by Crippen LogP contribution is -2.25. The number of carbonyl (C=O) groups is 1. The Morgan fingerprint density at radius 3 is 2.78 bits per heavy atom. The average Bonchev–Trinajstić information content (AvgIpc) is 2.34. The summed E-state index contributed by atoms with van der Waals surface area (Å²) in [6, 6.07) is 5.47. The Hall–Kier alpha value is -0.390. The highest BCUT2D eigenvalue weighted by Gasteiger charge is 2.09. The van der Waals surface area contributed by atoms with Gasteiger partial charge in [-0.25, -0.2) is 0 Å². The molecule has 0 aliphatic carbocycles. The monoisotopic (exact) mass is 377 g/mol. The molecular formula is C13H17Br2NO2. The molecule has 3 nitrogen and oxygen atoms in total. The van der Waals surface area contributed by atoms with Crippen LogP contribution in [0.4, 0.5) is 0 Å². The maximum atomic E-state index is 11.9. The minimum absolute atomic E-state index is 0.0778. The highest BCUT2D eigenvalue weighted by atomic mass is 79.9. The summed E-state index contributed by atoms with van der Waals surface area (Å²) in [6.45, 7) is 2.82. The van der Waals surface area contributed by atoms with Crippen molar-refractivity contribution in [3.8, 4) is 0 Å². The molecule has 0 saturated carbocycles. The Balaban J connectivity index is 2.41. The van der Waals surface area contributed by atoms with Crippen molar-refractivity contribution in [2.24, 2.45) is 5.92 Å². The number of hydrogen-bond acceptors (Lipinski definition) is 2. The topological polar surface area (TPSA) is 49.3 Å². The molecule has 1 atom stereocenters. The third kappa shape index (κ3) is 5.08. The van der Waals surface area contributed by atoms with Crippen molar-refractivity contribution in [2.75, 3.05) is 13.2 Å². The first-order valence-corrected chi connectivity index (χ1v) is 7.47. The molecule has 2 N–H and O–H groups in total. The highest BCUT2D eigenvalue weighted by Crippen LogP contribution is 2.21. The summed E-state index contributed by atoms with van der Waals surface area (Å²) < 4.78 is 1.71. The van der Waals surface area contributed by atoms with Crippen molar-refractivity contribution in [3.63, 3.8) is 0 Å². The second-order valence-corrected chi connectivity index (χ2v) is 6.08. The molecule has 100 valence electrons. The molecule has 0 fully saturated rings. The van der Waals surface area contributed by atoms with Gasteiger partial charge in [-0.05, 0) is 52.9 Å². The zero-order chi connectivity index (χ0) is 13.5. The lowest BCUT2D eigenvalue weighted by atomic mass is 10.1. The van der Waals surface area contributed by atoms with Crippen LogP contribution in [0.1, 0.15) is 30.1 Å². The van der Waals surface area contributed by atoms with Gasteiger partial charge in [0.1, 0.15) is 0 Å². The molecule has 5 heteroatoms. The fraction of sp³-hybridized carbons (Fsp3) is 0.462. The van der Waals surface area contributed by atoms with Gasteiger partial charge >= 0.3 is 0 Å². The Morgan fingerprint density at radius 1 is 1.44 bits per heavy atom. The molecule has 1 aromatic rings. The maximum Gasteiger partial charge on any atom is 0.252 e. The average molecular weight is 379 g/mol. The molecule has 0 radical (unpaired) electrons. The first kappa shape index (κ1) is 15.7. The Bertz CT molecular complexity index is 410. The summed E-state index contributed by atoms with van der Waals surface area (Å²) in [5.41, 5.74) is 0.633. The van der Waals surface area contributed by atoms with E-state index in [4.69, 9.17) is 5.11 Å². The van der Waals surface area contributed by atoms with E-state index >= 15 is 0 Å². The normalized spacial score (nSPS) is 12.2. The van der Waals surface area contributed by atoms with Crippen molar-refractivity contribution < 1.29 is 9.90 Å². The number of benzene rings is 1. The first-order chi connectivity index (χ1) is 8.54. The van der Waals surface area contributed by atoms with Gasteiger partial charge in [-0.1, -0.05) is 22.9 Å². The van der Waals surface area contributed by atoms with Crippen LogP contribution >= 0.6 is 31.9 Å². The lowest BCUT2D eigenvalue weighted by Gasteiger charge is -2.09. The Kier molecular flexibility index (Phi) is 6.89. The minimum atomic E-state index is -0.0778. The van der Waals surface area contributed by atoms with Crippen LogP contribution in [-0.2, 0) is 0 Å². The molecule has 1 amide bonds. The number of halogens is 2. The molecule has 0 aliphatic heterocycles. The zero-order valence-corrected chi connectivity index (χ0v) is 13.4. The van der Waals surface area contributed by atoms with Crippen LogP contribution in [0.3, 0.4) is 0 Å². The van der Waals surface area contributed by atoms with Crippen LogP contribution in [-0.4, -0.2) is 24.2 Å². The van der Waals surface area contributed by atoms with Crippen molar-refractivity contribution in [2.45, 2.75) is 19.8 Å². The van der Waals surface area contributed by atoms with E-state index in [-0.39, 0.29) is 12.5 Å². The highest BCUT2D eigenvalue weighted by molar-refractivity contribution is 9.11. The zero-order valence-electron chi connectivity index (χ0n) is 10.2. The van der Waals surface area contributed by atoms with Crippen LogP contribution in [0.15, 0.2) is 27.1 Å². The van der Waals surface area contributed by atoms with Crippen molar-refractivity contribution >= 4 is 37.8 Å². The lowest BCUT2D eigenvalue weighted by molar-refractivity contribution is 0.0951. The fourth-order valence-corrected chi connectivity index (χ4v) is 2.74. The number of aliphatic hydroxyl groups excluding tert-OH is 1. The molecular weight excluding hydrogens is 362 g/mol. The van der Waals surface area contributed by atoms with Gasteiger partial charge in [0, 0.05) is 22.1 Å². The fourth-order valence-electron chi connectivity index (χ4n) is 1.51. The molecule has 1 rings (SSSR count). The van der Waals surface area contributed by atoms with Crippen LogP contribution in [0.5, 0.6) is 0 Å². The van der Waals surface area contributed by atoms with Crippen LogP contribution in [0.25, 0.3) is 0 Å². The Morgan fingerprint density at radius 2 is 2.17 bits per heavy atom. The summed E-state index contributed by atoms with van der Waals surface area (Å²) in [5.74, 6) is 0.215. The van der Waals surface area contributed by atoms with Gasteiger partial charge in [-0.15, -0.1) is 0 Å². The van der Waals surface area contributed by atoms with Crippen molar-refractivity contribution in [1.29, 1.82) is 0 Å². The van der Waals surface area contributed by atoms with E-state index < -0.39 is 0 Å². The van der Waals surface area contributed by atoms with Gasteiger partial charge in [-0.2, -0.15) is 0 Å². The van der Waals surface area contributed by atoms with E-state index in [2.05, 4.69) is 37.2 Å². The SMILES string of the molecule is CC(CO)CCCNC(=O)c1ccc(Br)cc1Br. The van der Waals surface area contributed by atoms with E-state index in [0.717, 1.165) is 21.8 Å². The quantitative estimate of drug-likeness (QED) is 0.745. The molecule has 0 heterocycles. The second-order valence-electron chi connectivity index (χ2n) is 4.31. The summed E-state index contributed by atoms with van der Waals surface area (Å²) in [4.78, 5) is 11.9. The number of amides is 1. The number of aliphatic hydroxyl groups is 1. The minimum Gasteiger partial charge on any atom is -0.396 e. The third-order valence-corrected chi connectivity index (χ3v) is 3.80. The number of hydrogen-bond donors (Lipinski definition) is 2. The maximum absolute atomic E-state index is 11.9. The molecule has 1 unspecified atom stereocenters. The van der Waals surface area contributed by atoms with Gasteiger partial charge in [0.05, 0.1) is 5.56 Å². The predicted octanol–water partition coefficient (Wildman–Crippen LogP) is 3.35. The molecule has 1 aromatic carbocycles. The standard InChI is InChI=1S/C13H17Br2NO2/c1-9(8-17)3-2-6-16-13(18)11-5-4-10(14)7-12(11)15/h4-5,7,9,17H,2-3,6,8H2,1H3,(H,16,18). The predicted molar refractivity (Wildman–Crippen MR) is 79.7 cm³/mol. The van der Waals surface area contributed by atoms with Crippen molar-refractivity contribution in [1.82, 2.24) is 5.32 Å². The summed E-state index contributed by atoms with van der Waals surface area (Å²) in [7, 11) is 0. The third-order valence-electron chi connectivity index (χ3n) is 2.65. The molecule has 0 spiro atoms. The van der Waals surface area contributed by atoms with Crippen molar-refractivity contribution in [3.05, 3.63) is 32.7 Å². The van der Waals surface area contributed by atoms with E-state index in [1.807, 2.05) is 19.1 Å². The van der Waals surface area contributed by atoms with Crippen LogP contribution in [0.2, 0.25) is 0 Å². The van der Waals surface area contributed by atoms with E-state index in [1.54, 1.807) is 6.07 Å². The summed E-state index contributed by atoms with van der Waals surface area (Å²) in [6.07, 6.45) is 1.79. The summed E-state index contributed by atoms with van der Waals surface area (Å²) in [5, 5.41) is 11.8. The van der Waals surface area contributed by atoms with Gasteiger partial charge in [0.25, 0.3) is 5.91 Å². The molecule has 0 bridgehead atoms. The molecule has 18 heavy (non-hydrogen) atoms. The Labute approximate surface area is 124 Å². The molecule has 0 saturated heterocycles. The van der Waals surface area contributed by atoms with E-state index in [9.17, 15) is 4.79 Å². The number of rotatable bonds is 6. The van der Waals surface area contributed by atoms with E-state index in [0.29, 0.717) is 18.0 Å². The molecule has 0 aromatic heterocycles. The largest absolute Gasteiger partial charge is 0.396 e. The number of nitrogens with one attached hydrogen (secondary N) is 1. The first-order valence-electron chi connectivity index (χ1n) is 5.88. The van der Waals surface area contributed by atoms with E-state index in [1.165, 1.54) is 0 Å². The van der Waals surface area contributed by atoms with Gasteiger partial charge < -0.3 is 10.4 Å². The smallest absolute Gasteiger partial charge is 0.252 e. The van der Waals surface area contributed by atoms with Gasteiger partial charge in [0.2, 0.25) is 0 Å². The van der Waals surface area contributed by atoms with Crippen LogP contribution in [0, 0.1) is 5.92 Å². The summed E-state index contributed by atoms with van der Waals surface area (Å²) >= 11 is 6.71. The second kappa shape index (κ2) is 7.92. The molecule has 0 aliphatic rings. The van der Waals surface area contributed by atoms with Gasteiger partial charge in [0.15, 0.2) is 0 Å². The number of carbonyl (C=O) groups excluding carboxylic acids is 1.